The summed E-state index contributed by atoms with van der Waals surface area (Å²) in [5.74, 6) is 1.71. The quantitative estimate of drug-likeness (QED) is 0.776. The average Bonchev–Trinajstić information content (AvgIpc) is 3.02. The summed E-state index contributed by atoms with van der Waals surface area (Å²) < 4.78 is 10.7. The van der Waals surface area contributed by atoms with Crippen molar-refractivity contribution >= 4 is 11.6 Å². The van der Waals surface area contributed by atoms with E-state index in [-0.39, 0.29) is 18.6 Å². The molecule has 0 saturated carbocycles. The molecule has 0 aliphatic rings. The van der Waals surface area contributed by atoms with Gasteiger partial charge >= 0.3 is 0 Å². The lowest BCUT2D eigenvalue weighted by Gasteiger charge is -2.12. The molecule has 1 amide bonds. The van der Waals surface area contributed by atoms with Crippen LogP contribution in [0.5, 0.6) is 5.75 Å². The van der Waals surface area contributed by atoms with Crippen molar-refractivity contribution in [2.45, 2.75) is 32.7 Å². The zero-order valence-corrected chi connectivity index (χ0v) is 13.6. The molecule has 2 aromatic rings. The van der Waals surface area contributed by atoms with Crippen LogP contribution in [0.3, 0.4) is 0 Å². The topological polar surface area (TPSA) is 89.3 Å². The normalized spacial score (nSPS) is 11.8. The Morgan fingerprint density at radius 3 is 3.00 bits per heavy atom. The average molecular weight is 318 g/mol. The van der Waals surface area contributed by atoms with Gasteiger partial charge < -0.3 is 19.9 Å². The van der Waals surface area contributed by atoms with Crippen LogP contribution in [-0.2, 0) is 11.2 Å². The van der Waals surface area contributed by atoms with Crippen LogP contribution < -0.4 is 15.4 Å². The number of carbonyl (C=O) groups is 1. The predicted octanol–water partition coefficient (Wildman–Crippen LogP) is 2.32. The maximum absolute atomic E-state index is 11.2. The number of hydrogen-bond donors (Lipinski definition) is 2. The molecule has 0 saturated heterocycles. The highest BCUT2D eigenvalue weighted by Crippen LogP contribution is 2.22. The lowest BCUT2D eigenvalue weighted by atomic mass is 10.2. The van der Waals surface area contributed by atoms with Crippen LogP contribution in [0.2, 0.25) is 0 Å². The van der Waals surface area contributed by atoms with Gasteiger partial charge in [0, 0.05) is 25.2 Å². The van der Waals surface area contributed by atoms with Crippen LogP contribution in [0.4, 0.5) is 5.69 Å². The molecule has 1 aromatic heterocycles. The molecule has 1 unspecified atom stereocenters. The molecule has 7 nitrogen and oxygen atoms in total. The van der Waals surface area contributed by atoms with Crippen molar-refractivity contribution in [2.75, 3.05) is 19.0 Å². The van der Waals surface area contributed by atoms with Gasteiger partial charge in [-0.1, -0.05) is 18.1 Å². The van der Waals surface area contributed by atoms with Gasteiger partial charge in [-0.3, -0.25) is 4.79 Å². The minimum atomic E-state index is -0.175. The van der Waals surface area contributed by atoms with Crippen LogP contribution in [0.15, 0.2) is 28.8 Å². The summed E-state index contributed by atoms with van der Waals surface area (Å²) >= 11 is 0. The Bertz CT molecular complexity index is 642. The molecule has 0 spiro atoms. The number of anilines is 1. The van der Waals surface area contributed by atoms with Crippen molar-refractivity contribution in [3.8, 4) is 5.75 Å². The summed E-state index contributed by atoms with van der Waals surface area (Å²) in [5.41, 5.74) is 0.849. The molecule has 23 heavy (non-hydrogen) atoms. The molecule has 0 radical (unpaired) electrons. The first-order valence-electron chi connectivity index (χ1n) is 7.64. The van der Waals surface area contributed by atoms with Gasteiger partial charge in [0.1, 0.15) is 11.8 Å². The Kier molecular flexibility index (Phi) is 5.96. The SMILES string of the molecule is CCCc1noc(C(C)Nc2cccc(OCC(=O)NC)c2)n1. The summed E-state index contributed by atoms with van der Waals surface area (Å²) in [6.07, 6.45) is 1.78. The number of nitrogens with zero attached hydrogens (tertiary/aromatic N) is 2. The highest BCUT2D eigenvalue weighted by atomic mass is 16.5. The maximum Gasteiger partial charge on any atom is 0.257 e. The van der Waals surface area contributed by atoms with E-state index in [2.05, 4.69) is 27.7 Å². The van der Waals surface area contributed by atoms with E-state index < -0.39 is 0 Å². The molecule has 124 valence electrons. The number of likely N-dealkylation sites (N-methyl/N-ethyl adjacent to an activating group) is 1. The van der Waals surface area contributed by atoms with Crippen LogP contribution in [0.25, 0.3) is 0 Å². The second-order valence-corrected chi connectivity index (χ2v) is 5.15. The molecule has 0 bridgehead atoms. The fraction of sp³-hybridized carbons (Fsp3) is 0.438. The standard InChI is InChI=1S/C16H22N4O3/c1-4-6-14-19-16(23-20-14)11(2)18-12-7-5-8-13(9-12)22-10-15(21)17-3/h5,7-9,11,18H,4,6,10H2,1-3H3,(H,17,21). The van der Waals surface area contributed by atoms with Crippen LogP contribution in [0, 0.1) is 0 Å². The summed E-state index contributed by atoms with van der Waals surface area (Å²) in [7, 11) is 1.57. The Morgan fingerprint density at radius 1 is 1.43 bits per heavy atom. The molecule has 7 heteroatoms. The number of aryl methyl sites for hydroxylation is 1. The third kappa shape index (κ3) is 4.98. The third-order valence-electron chi connectivity index (χ3n) is 3.19. The summed E-state index contributed by atoms with van der Waals surface area (Å²) in [6, 6.07) is 7.26. The highest BCUT2D eigenvalue weighted by molar-refractivity contribution is 5.77. The van der Waals surface area contributed by atoms with Crippen LogP contribution >= 0.6 is 0 Å². The monoisotopic (exact) mass is 318 g/mol. The second kappa shape index (κ2) is 8.17. The summed E-state index contributed by atoms with van der Waals surface area (Å²) in [5, 5.41) is 9.74. The molecule has 2 rings (SSSR count). The van der Waals surface area contributed by atoms with E-state index in [0.29, 0.717) is 11.6 Å². The Hall–Kier alpha value is -2.57. The van der Waals surface area contributed by atoms with Crippen molar-refractivity contribution in [1.82, 2.24) is 15.5 Å². The number of benzene rings is 1. The fourth-order valence-electron chi connectivity index (χ4n) is 1.98. The molecule has 1 atom stereocenters. The van der Waals surface area contributed by atoms with E-state index in [1.807, 2.05) is 25.1 Å². The molecule has 2 N–H and O–H groups in total. The smallest absolute Gasteiger partial charge is 0.257 e. The van der Waals surface area contributed by atoms with Crippen LogP contribution in [-0.4, -0.2) is 29.7 Å². The lowest BCUT2D eigenvalue weighted by molar-refractivity contribution is -0.122. The number of nitrogens with one attached hydrogen (secondary N) is 2. The molecule has 0 fully saturated rings. The number of amides is 1. The minimum absolute atomic E-state index is 0.0143. The van der Waals surface area contributed by atoms with Crippen molar-refractivity contribution < 1.29 is 14.1 Å². The molecule has 0 aliphatic heterocycles. The van der Waals surface area contributed by atoms with Gasteiger partial charge in [0.05, 0.1) is 0 Å². The van der Waals surface area contributed by atoms with Gasteiger partial charge in [-0.15, -0.1) is 0 Å². The lowest BCUT2D eigenvalue weighted by Crippen LogP contribution is -2.24. The van der Waals surface area contributed by atoms with Gasteiger partial charge in [0.2, 0.25) is 5.89 Å². The van der Waals surface area contributed by atoms with E-state index in [0.717, 1.165) is 24.4 Å². The number of rotatable bonds is 8. The van der Waals surface area contributed by atoms with Crippen LogP contribution in [0.1, 0.15) is 38.0 Å². The van der Waals surface area contributed by atoms with Crippen molar-refractivity contribution in [3.05, 3.63) is 36.0 Å². The first-order chi connectivity index (χ1) is 11.1. The number of hydrogen-bond acceptors (Lipinski definition) is 6. The summed E-state index contributed by atoms with van der Waals surface area (Å²) in [6.45, 7) is 4.00. The molecule has 1 aromatic carbocycles. The number of carbonyl (C=O) groups excluding carboxylic acids is 1. The predicted molar refractivity (Wildman–Crippen MR) is 86.3 cm³/mol. The van der Waals surface area contributed by atoms with E-state index >= 15 is 0 Å². The van der Waals surface area contributed by atoms with Crippen molar-refractivity contribution in [3.63, 3.8) is 0 Å². The Balaban J connectivity index is 1.97. The second-order valence-electron chi connectivity index (χ2n) is 5.15. The van der Waals surface area contributed by atoms with Gasteiger partial charge in [0.15, 0.2) is 12.4 Å². The number of ether oxygens (including phenoxy) is 1. The molecule has 1 heterocycles. The van der Waals surface area contributed by atoms with Gasteiger partial charge in [-0.2, -0.15) is 4.98 Å². The first kappa shape index (κ1) is 16.8. The zero-order valence-electron chi connectivity index (χ0n) is 13.6. The molecular formula is C16H22N4O3. The van der Waals surface area contributed by atoms with Gasteiger partial charge in [-0.25, -0.2) is 0 Å². The summed E-state index contributed by atoms with van der Waals surface area (Å²) in [4.78, 5) is 15.6. The van der Waals surface area contributed by atoms with Gasteiger partial charge in [0.25, 0.3) is 5.91 Å². The van der Waals surface area contributed by atoms with E-state index in [4.69, 9.17) is 9.26 Å². The van der Waals surface area contributed by atoms with Gasteiger partial charge in [-0.05, 0) is 25.5 Å². The fourth-order valence-corrected chi connectivity index (χ4v) is 1.98. The maximum atomic E-state index is 11.2. The molecule has 0 aliphatic carbocycles. The Morgan fingerprint density at radius 2 is 2.26 bits per heavy atom. The zero-order chi connectivity index (χ0) is 16.7. The van der Waals surface area contributed by atoms with E-state index in [9.17, 15) is 4.79 Å². The Labute approximate surface area is 135 Å². The molecular weight excluding hydrogens is 296 g/mol. The first-order valence-corrected chi connectivity index (χ1v) is 7.64. The van der Waals surface area contributed by atoms with E-state index in [1.165, 1.54) is 0 Å². The van der Waals surface area contributed by atoms with Crippen molar-refractivity contribution in [1.29, 1.82) is 0 Å². The largest absolute Gasteiger partial charge is 0.484 e. The number of aromatic nitrogens is 2. The van der Waals surface area contributed by atoms with Crippen molar-refractivity contribution in [2.24, 2.45) is 0 Å². The third-order valence-corrected chi connectivity index (χ3v) is 3.19. The highest BCUT2D eigenvalue weighted by Gasteiger charge is 2.14. The minimum Gasteiger partial charge on any atom is -0.484 e. The van der Waals surface area contributed by atoms with E-state index in [1.54, 1.807) is 13.1 Å².